The third-order valence-electron chi connectivity index (χ3n) is 4.72. The highest BCUT2D eigenvalue weighted by molar-refractivity contribution is 5.88. The summed E-state index contributed by atoms with van der Waals surface area (Å²) in [5, 5.41) is 0. The molecule has 1 saturated heterocycles. The van der Waals surface area contributed by atoms with Crippen LogP contribution < -0.4 is 5.69 Å². The van der Waals surface area contributed by atoms with Gasteiger partial charge in [0, 0.05) is 33.2 Å². The van der Waals surface area contributed by atoms with Crippen molar-refractivity contribution >= 4 is 17.2 Å². The third kappa shape index (κ3) is 2.59. The van der Waals surface area contributed by atoms with E-state index in [1.165, 1.54) is 16.3 Å². The third-order valence-corrected chi connectivity index (χ3v) is 4.72. The molecule has 0 N–H and O–H groups in total. The zero-order valence-corrected chi connectivity index (χ0v) is 14.6. The molecule has 3 heterocycles. The van der Waals surface area contributed by atoms with Crippen molar-refractivity contribution in [2.24, 2.45) is 7.05 Å². The first-order chi connectivity index (χ1) is 12.6. The van der Waals surface area contributed by atoms with Crippen LogP contribution in [0.15, 0.2) is 41.3 Å². The summed E-state index contributed by atoms with van der Waals surface area (Å²) >= 11 is 0. The lowest BCUT2D eigenvalue weighted by Crippen LogP contribution is -2.51. The Morgan fingerprint density at radius 2 is 2.00 bits per heavy atom. The van der Waals surface area contributed by atoms with Gasteiger partial charge in [-0.1, -0.05) is 30.3 Å². The van der Waals surface area contributed by atoms with Gasteiger partial charge in [-0.15, -0.1) is 0 Å². The highest BCUT2D eigenvalue weighted by Gasteiger charge is 2.34. The van der Waals surface area contributed by atoms with Crippen molar-refractivity contribution in [1.82, 2.24) is 24.0 Å². The molecule has 1 aliphatic rings. The number of rotatable bonds is 3. The zero-order valence-electron chi connectivity index (χ0n) is 14.6. The van der Waals surface area contributed by atoms with Gasteiger partial charge in [-0.25, -0.2) is 24.1 Å². The number of carbonyl (C=O) groups excluding carboxylic acids is 1. The second kappa shape index (κ2) is 6.38. The molecule has 8 heteroatoms. The predicted molar refractivity (Wildman–Crippen MR) is 95.0 cm³/mol. The van der Waals surface area contributed by atoms with Gasteiger partial charge in [0.25, 0.3) is 0 Å². The molecule has 1 aromatic carbocycles. The van der Waals surface area contributed by atoms with Gasteiger partial charge in [-0.3, -0.25) is 4.57 Å². The van der Waals surface area contributed by atoms with Crippen LogP contribution in [-0.2, 0) is 18.4 Å². The average molecular weight is 353 g/mol. The maximum Gasteiger partial charge on any atom is 0.338 e. The van der Waals surface area contributed by atoms with Crippen LogP contribution in [-0.4, -0.2) is 50.2 Å². The van der Waals surface area contributed by atoms with Crippen LogP contribution in [0.25, 0.3) is 11.2 Å². The molecule has 8 nitrogen and oxygen atoms in total. The lowest BCUT2D eigenvalue weighted by atomic mass is 9.92. The van der Waals surface area contributed by atoms with Crippen LogP contribution in [0.4, 0.5) is 4.79 Å². The lowest BCUT2D eigenvalue weighted by molar-refractivity contribution is 0.152. The van der Waals surface area contributed by atoms with Crippen molar-refractivity contribution in [1.29, 1.82) is 0 Å². The van der Waals surface area contributed by atoms with Gasteiger partial charge in [-0.05, 0) is 5.56 Å². The first-order valence-electron chi connectivity index (χ1n) is 8.36. The van der Waals surface area contributed by atoms with Gasteiger partial charge in [0.15, 0.2) is 11.5 Å². The molecule has 0 saturated carbocycles. The lowest BCUT2D eigenvalue weighted by Gasteiger charge is -2.39. The number of imidazole rings is 1. The average Bonchev–Trinajstić information content (AvgIpc) is 2.86. The molecule has 0 aliphatic carbocycles. The van der Waals surface area contributed by atoms with E-state index in [0.29, 0.717) is 36.0 Å². The summed E-state index contributed by atoms with van der Waals surface area (Å²) in [5.41, 5.74) is 1.61. The summed E-state index contributed by atoms with van der Waals surface area (Å²) in [6, 6.07) is 9.73. The van der Waals surface area contributed by atoms with Crippen molar-refractivity contribution in [2.75, 3.05) is 20.2 Å². The number of aromatic nitrogens is 4. The van der Waals surface area contributed by atoms with Crippen LogP contribution in [0.5, 0.6) is 0 Å². The van der Waals surface area contributed by atoms with E-state index in [1.54, 1.807) is 19.1 Å². The standard InChI is InChI=1S/C18H19N5O3/c1-21-16-14(8-19-15(20-16)11-26-2)23(17(21)24)18(25)22-9-13(10-22)12-6-4-3-5-7-12/h3-8,13H,9-11H2,1-2H3. The van der Waals surface area contributed by atoms with Gasteiger partial charge >= 0.3 is 11.7 Å². The molecule has 3 aromatic rings. The molecular weight excluding hydrogens is 334 g/mol. The van der Waals surface area contributed by atoms with Crippen molar-refractivity contribution in [3.05, 3.63) is 58.4 Å². The van der Waals surface area contributed by atoms with Crippen molar-refractivity contribution < 1.29 is 9.53 Å². The minimum atomic E-state index is -0.419. The van der Waals surface area contributed by atoms with E-state index in [-0.39, 0.29) is 12.6 Å². The number of fused-ring (bicyclic) bond motifs is 1. The minimum absolute atomic E-state index is 0.244. The molecule has 1 aliphatic heterocycles. The van der Waals surface area contributed by atoms with E-state index < -0.39 is 5.69 Å². The summed E-state index contributed by atoms with van der Waals surface area (Å²) < 4.78 is 7.53. The van der Waals surface area contributed by atoms with Crippen molar-refractivity contribution in [2.45, 2.75) is 12.5 Å². The summed E-state index contributed by atoms with van der Waals surface area (Å²) in [5.74, 6) is 0.767. The highest BCUT2D eigenvalue weighted by Crippen LogP contribution is 2.27. The fraction of sp³-hybridized carbons (Fsp3) is 0.333. The van der Waals surface area contributed by atoms with Gasteiger partial charge in [0.05, 0.1) is 6.20 Å². The Kier molecular flexibility index (Phi) is 4.04. The predicted octanol–water partition coefficient (Wildman–Crippen LogP) is 1.34. The van der Waals surface area contributed by atoms with E-state index in [9.17, 15) is 9.59 Å². The maximum atomic E-state index is 12.9. The normalized spacial score (nSPS) is 14.6. The fourth-order valence-electron chi connectivity index (χ4n) is 3.25. The molecule has 0 spiro atoms. The highest BCUT2D eigenvalue weighted by atomic mass is 16.5. The molecule has 2 aromatic heterocycles. The number of aryl methyl sites for hydroxylation is 1. The Hall–Kier alpha value is -3.00. The van der Waals surface area contributed by atoms with E-state index >= 15 is 0 Å². The molecule has 0 radical (unpaired) electrons. The smallest absolute Gasteiger partial charge is 0.338 e. The number of hydrogen-bond donors (Lipinski definition) is 0. The number of likely N-dealkylation sites (tertiary alicyclic amines) is 1. The Labute approximate surface area is 149 Å². The first-order valence-corrected chi connectivity index (χ1v) is 8.36. The number of benzene rings is 1. The molecule has 1 amide bonds. The van der Waals surface area contributed by atoms with Crippen molar-refractivity contribution in [3.63, 3.8) is 0 Å². The fourth-order valence-corrected chi connectivity index (χ4v) is 3.25. The van der Waals surface area contributed by atoms with E-state index in [4.69, 9.17) is 4.74 Å². The molecule has 0 atom stereocenters. The summed E-state index contributed by atoms with van der Waals surface area (Å²) in [6.45, 7) is 1.43. The number of ether oxygens (including phenoxy) is 1. The minimum Gasteiger partial charge on any atom is -0.377 e. The summed E-state index contributed by atoms with van der Waals surface area (Å²) in [4.78, 5) is 35.6. The van der Waals surface area contributed by atoms with E-state index in [2.05, 4.69) is 22.1 Å². The quantitative estimate of drug-likeness (QED) is 0.710. The van der Waals surface area contributed by atoms with Crippen LogP contribution in [0.3, 0.4) is 0 Å². The zero-order chi connectivity index (χ0) is 18.3. The molecule has 134 valence electrons. The number of amides is 1. The number of hydrogen-bond acceptors (Lipinski definition) is 5. The van der Waals surface area contributed by atoms with Gasteiger partial charge in [-0.2, -0.15) is 0 Å². The van der Waals surface area contributed by atoms with Crippen LogP contribution in [0.1, 0.15) is 17.3 Å². The van der Waals surface area contributed by atoms with Crippen molar-refractivity contribution in [3.8, 4) is 0 Å². The number of methoxy groups -OCH3 is 1. The second-order valence-electron chi connectivity index (χ2n) is 6.40. The topological polar surface area (TPSA) is 82.2 Å². The number of nitrogens with zero attached hydrogens (tertiary/aromatic N) is 5. The molecule has 0 unspecified atom stereocenters. The monoisotopic (exact) mass is 353 g/mol. The Bertz CT molecular complexity index is 1020. The van der Waals surface area contributed by atoms with E-state index in [1.807, 2.05) is 18.2 Å². The van der Waals surface area contributed by atoms with Gasteiger partial charge in [0.2, 0.25) is 0 Å². The van der Waals surface area contributed by atoms with E-state index in [0.717, 1.165) is 4.57 Å². The SMILES string of the molecule is COCc1ncc2c(n1)n(C)c(=O)n2C(=O)N1CC(c2ccccc2)C1. The summed E-state index contributed by atoms with van der Waals surface area (Å²) in [7, 11) is 3.15. The Morgan fingerprint density at radius 3 is 2.69 bits per heavy atom. The number of carbonyl (C=O) groups is 1. The molecule has 1 fully saturated rings. The first kappa shape index (κ1) is 16.5. The molecule has 4 rings (SSSR count). The summed E-state index contributed by atoms with van der Waals surface area (Å²) in [6.07, 6.45) is 1.50. The van der Waals surface area contributed by atoms with Crippen LogP contribution in [0.2, 0.25) is 0 Å². The Balaban J connectivity index is 1.62. The maximum absolute atomic E-state index is 12.9. The van der Waals surface area contributed by atoms with Gasteiger partial charge < -0.3 is 9.64 Å². The largest absolute Gasteiger partial charge is 0.377 e. The van der Waals surface area contributed by atoms with Crippen LogP contribution >= 0.6 is 0 Å². The Morgan fingerprint density at radius 1 is 1.27 bits per heavy atom. The molecule has 0 bridgehead atoms. The van der Waals surface area contributed by atoms with Gasteiger partial charge in [0.1, 0.15) is 12.1 Å². The van der Waals surface area contributed by atoms with Crippen LogP contribution in [0, 0.1) is 0 Å². The second-order valence-corrected chi connectivity index (χ2v) is 6.40. The molecular formula is C18H19N5O3. The molecule has 26 heavy (non-hydrogen) atoms.